The van der Waals surface area contributed by atoms with Crippen molar-refractivity contribution >= 4 is 0 Å². The van der Waals surface area contributed by atoms with Crippen LogP contribution in [0.1, 0.15) is 31.6 Å². The topological polar surface area (TPSA) is 29.5 Å². The summed E-state index contributed by atoms with van der Waals surface area (Å²) in [5.74, 6) is 0.827. The molecule has 74 valence electrons. The van der Waals surface area contributed by atoms with Crippen LogP contribution in [0.3, 0.4) is 0 Å². The first-order valence-electron chi connectivity index (χ1n) is 3.97. The molecule has 1 rings (SSSR count). The van der Waals surface area contributed by atoms with E-state index in [0.717, 1.165) is 16.9 Å². The molecule has 0 amide bonds. The fraction of sp³-hybridized carbons (Fsp3) is 0.455. The second-order valence-corrected chi connectivity index (χ2v) is 2.91. The van der Waals surface area contributed by atoms with E-state index < -0.39 is 6.10 Å². The Labute approximate surface area is 80.2 Å². The first kappa shape index (κ1) is 12.0. The molecular formula is C11H18O2. The van der Waals surface area contributed by atoms with Crippen LogP contribution >= 0.6 is 0 Å². The van der Waals surface area contributed by atoms with Gasteiger partial charge in [-0.3, -0.25) is 0 Å². The molecule has 1 unspecified atom stereocenters. The highest BCUT2D eigenvalue weighted by atomic mass is 16.5. The molecule has 1 aromatic rings. The van der Waals surface area contributed by atoms with Gasteiger partial charge in [-0.25, -0.2) is 0 Å². The Hall–Kier alpha value is -1.02. The maximum Gasteiger partial charge on any atom is 0.122 e. The van der Waals surface area contributed by atoms with Crippen molar-refractivity contribution in [2.45, 2.75) is 27.4 Å². The van der Waals surface area contributed by atoms with Gasteiger partial charge in [0.05, 0.1) is 13.2 Å². The number of hydrogen-bond acceptors (Lipinski definition) is 2. The zero-order valence-electron chi connectivity index (χ0n) is 7.66. The molecule has 0 fully saturated rings. The number of ether oxygens (including phenoxy) is 1. The summed E-state index contributed by atoms with van der Waals surface area (Å²) in [7, 11) is 1.63. The molecule has 0 heterocycles. The van der Waals surface area contributed by atoms with Crippen LogP contribution in [-0.2, 0) is 0 Å². The molecule has 0 spiro atoms. The van der Waals surface area contributed by atoms with Gasteiger partial charge in [0.15, 0.2) is 0 Å². The van der Waals surface area contributed by atoms with Crippen LogP contribution < -0.4 is 4.74 Å². The van der Waals surface area contributed by atoms with Crippen molar-refractivity contribution in [2.75, 3.05) is 7.11 Å². The Balaban J connectivity index is 0.00000144. The largest absolute Gasteiger partial charge is 0.496 e. The quantitative estimate of drug-likeness (QED) is 0.762. The average molecular weight is 182 g/mol. The molecule has 0 saturated heterocycles. The molecule has 1 aromatic carbocycles. The predicted octanol–water partition coefficient (Wildman–Crippen LogP) is 2.69. The summed E-state index contributed by atoms with van der Waals surface area (Å²) in [6, 6.07) is 5.71. The monoisotopic (exact) mass is 182 g/mol. The fourth-order valence-corrected chi connectivity index (χ4v) is 1.10. The molecule has 1 atom stereocenters. The molecular weight excluding hydrogens is 164 g/mol. The SMILES string of the molecule is C.COc1cc(C(C)O)ccc1C. The van der Waals surface area contributed by atoms with Crippen LogP contribution in [0.15, 0.2) is 18.2 Å². The zero-order chi connectivity index (χ0) is 9.14. The van der Waals surface area contributed by atoms with E-state index in [0.29, 0.717) is 0 Å². The molecule has 2 nitrogen and oxygen atoms in total. The molecule has 0 aliphatic heterocycles. The number of aryl methyl sites for hydroxylation is 1. The van der Waals surface area contributed by atoms with E-state index in [-0.39, 0.29) is 7.43 Å². The van der Waals surface area contributed by atoms with Crippen LogP contribution in [-0.4, -0.2) is 12.2 Å². The van der Waals surface area contributed by atoms with Crippen LogP contribution in [0.25, 0.3) is 0 Å². The van der Waals surface area contributed by atoms with Crippen molar-refractivity contribution in [3.8, 4) is 5.75 Å². The second kappa shape index (κ2) is 4.87. The molecule has 1 N–H and O–H groups in total. The third-order valence-electron chi connectivity index (χ3n) is 1.91. The van der Waals surface area contributed by atoms with Gasteiger partial charge < -0.3 is 9.84 Å². The lowest BCUT2D eigenvalue weighted by Crippen LogP contribution is -1.93. The van der Waals surface area contributed by atoms with Crippen molar-refractivity contribution in [3.05, 3.63) is 29.3 Å². The molecule has 0 radical (unpaired) electrons. The number of benzene rings is 1. The first-order valence-corrected chi connectivity index (χ1v) is 3.97. The van der Waals surface area contributed by atoms with E-state index in [4.69, 9.17) is 4.74 Å². The molecule has 2 heteroatoms. The van der Waals surface area contributed by atoms with Gasteiger partial charge in [-0.05, 0) is 31.0 Å². The van der Waals surface area contributed by atoms with Crippen LogP contribution in [0, 0.1) is 6.92 Å². The molecule has 0 saturated carbocycles. The summed E-state index contributed by atoms with van der Waals surface area (Å²) < 4.78 is 5.12. The van der Waals surface area contributed by atoms with Gasteiger partial charge >= 0.3 is 0 Å². The van der Waals surface area contributed by atoms with Crippen molar-refractivity contribution in [3.63, 3.8) is 0 Å². The van der Waals surface area contributed by atoms with Gasteiger partial charge in [-0.1, -0.05) is 19.6 Å². The summed E-state index contributed by atoms with van der Waals surface area (Å²) >= 11 is 0. The highest BCUT2D eigenvalue weighted by Crippen LogP contribution is 2.22. The summed E-state index contributed by atoms with van der Waals surface area (Å²) in [6.45, 7) is 3.72. The number of hydrogen-bond donors (Lipinski definition) is 1. The third-order valence-corrected chi connectivity index (χ3v) is 1.91. The minimum Gasteiger partial charge on any atom is -0.496 e. The van der Waals surface area contributed by atoms with E-state index in [1.165, 1.54) is 0 Å². The second-order valence-electron chi connectivity index (χ2n) is 2.91. The van der Waals surface area contributed by atoms with Crippen LogP contribution in [0.4, 0.5) is 0 Å². The molecule has 0 aliphatic carbocycles. The Morgan fingerprint density at radius 1 is 1.38 bits per heavy atom. The standard InChI is InChI=1S/C10H14O2.CH4/c1-7-4-5-9(8(2)11)6-10(7)12-3;/h4-6,8,11H,1-3H3;1H4. The Kier molecular flexibility index (Phi) is 4.49. The van der Waals surface area contributed by atoms with Crippen molar-refractivity contribution < 1.29 is 9.84 Å². The molecule has 0 bridgehead atoms. The highest BCUT2D eigenvalue weighted by Gasteiger charge is 2.03. The van der Waals surface area contributed by atoms with Crippen molar-refractivity contribution in [2.24, 2.45) is 0 Å². The lowest BCUT2D eigenvalue weighted by atomic mass is 10.1. The van der Waals surface area contributed by atoms with Gasteiger partial charge in [-0.2, -0.15) is 0 Å². The summed E-state index contributed by atoms with van der Waals surface area (Å²) in [5.41, 5.74) is 1.97. The lowest BCUT2D eigenvalue weighted by molar-refractivity contribution is 0.199. The van der Waals surface area contributed by atoms with Gasteiger partial charge in [0.25, 0.3) is 0 Å². The number of methoxy groups -OCH3 is 1. The third kappa shape index (κ3) is 2.74. The lowest BCUT2D eigenvalue weighted by Gasteiger charge is -2.09. The van der Waals surface area contributed by atoms with E-state index in [9.17, 15) is 5.11 Å². The van der Waals surface area contributed by atoms with Gasteiger partial charge in [0.2, 0.25) is 0 Å². The van der Waals surface area contributed by atoms with Gasteiger partial charge in [0.1, 0.15) is 5.75 Å². The van der Waals surface area contributed by atoms with Crippen LogP contribution in [0.5, 0.6) is 5.75 Å². The van der Waals surface area contributed by atoms with E-state index >= 15 is 0 Å². The summed E-state index contributed by atoms with van der Waals surface area (Å²) in [5, 5.41) is 9.28. The Morgan fingerprint density at radius 3 is 2.46 bits per heavy atom. The minimum atomic E-state index is -0.431. The fourth-order valence-electron chi connectivity index (χ4n) is 1.10. The van der Waals surface area contributed by atoms with Gasteiger partial charge in [-0.15, -0.1) is 0 Å². The van der Waals surface area contributed by atoms with Crippen LogP contribution in [0.2, 0.25) is 0 Å². The number of aliphatic hydroxyl groups is 1. The zero-order valence-corrected chi connectivity index (χ0v) is 7.66. The van der Waals surface area contributed by atoms with E-state index in [1.807, 2.05) is 25.1 Å². The molecule has 0 aromatic heterocycles. The predicted molar refractivity (Wildman–Crippen MR) is 55.1 cm³/mol. The summed E-state index contributed by atoms with van der Waals surface area (Å²) in [4.78, 5) is 0. The molecule has 13 heavy (non-hydrogen) atoms. The molecule has 0 aliphatic rings. The van der Waals surface area contributed by atoms with E-state index in [1.54, 1.807) is 14.0 Å². The van der Waals surface area contributed by atoms with Crippen molar-refractivity contribution in [1.29, 1.82) is 0 Å². The maximum absolute atomic E-state index is 9.28. The highest BCUT2D eigenvalue weighted by molar-refractivity contribution is 5.37. The summed E-state index contributed by atoms with van der Waals surface area (Å²) in [6.07, 6.45) is -0.431. The minimum absolute atomic E-state index is 0. The normalized spacial score (nSPS) is 11.7. The maximum atomic E-state index is 9.28. The Morgan fingerprint density at radius 2 is 2.00 bits per heavy atom. The number of rotatable bonds is 2. The van der Waals surface area contributed by atoms with Gasteiger partial charge in [0, 0.05) is 0 Å². The Bertz CT molecular complexity index is 267. The first-order chi connectivity index (χ1) is 5.65. The number of aliphatic hydroxyl groups excluding tert-OH is 1. The van der Waals surface area contributed by atoms with E-state index in [2.05, 4.69) is 0 Å². The smallest absolute Gasteiger partial charge is 0.122 e. The van der Waals surface area contributed by atoms with Crippen molar-refractivity contribution in [1.82, 2.24) is 0 Å². The average Bonchev–Trinajstić information content (AvgIpc) is 2.05.